The monoisotopic (exact) mass is 398 g/mol. The molecule has 3 heterocycles. The smallest absolute Gasteiger partial charge is 0.274 e. The summed E-state index contributed by atoms with van der Waals surface area (Å²) in [5, 5.41) is 7.86. The molecule has 0 bridgehead atoms. The molecule has 0 spiro atoms. The maximum Gasteiger partial charge on any atom is 0.274 e. The molecule has 0 radical (unpaired) electrons. The molecule has 1 aromatic carbocycles. The van der Waals surface area contributed by atoms with Crippen molar-refractivity contribution in [2.45, 2.75) is 19.9 Å². The molecule has 2 aromatic heterocycles. The van der Waals surface area contributed by atoms with Crippen LogP contribution in [0.4, 0.5) is 0 Å². The van der Waals surface area contributed by atoms with Crippen molar-refractivity contribution >= 4 is 17.5 Å². The van der Waals surface area contributed by atoms with Crippen LogP contribution in [0.5, 0.6) is 0 Å². The predicted molar refractivity (Wildman–Crippen MR) is 108 cm³/mol. The molecule has 1 aliphatic rings. The second-order valence-electron chi connectivity index (χ2n) is 7.10. The van der Waals surface area contributed by atoms with Crippen LogP contribution in [-0.4, -0.2) is 52.1 Å². The molecule has 1 amide bonds. The molecule has 1 aliphatic heterocycles. The summed E-state index contributed by atoms with van der Waals surface area (Å²) in [7, 11) is 0. The van der Waals surface area contributed by atoms with E-state index in [1.165, 1.54) is 0 Å². The number of halogens is 1. The summed E-state index contributed by atoms with van der Waals surface area (Å²) in [6, 6.07) is 13.6. The minimum atomic E-state index is -0.0594. The summed E-state index contributed by atoms with van der Waals surface area (Å²) >= 11 is 6.34. The maximum absolute atomic E-state index is 12.8. The van der Waals surface area contributed by atoms with Gasteiger partial charge in [-0.25, -0.2) is 0 Å². The van der Waals surface area contributed by atoms with Crippen molar-refractivity contribution in [3.05, 3.63) is 64.5 Å². The number of carbonyl (C=O) groups excluding carboxylic acids is 1. The van der Waals surface area contributed by atoms with Crippen molar-refractivity contribution in [2.24, 2.45) is 0 Å². The van der Waals surface area contributed by atoms with Crippen molar-refractivity contribution in [2.75, 3.05) is 26.2 Å². The van der Waals surface area contributed by atoms with Gasteiger partial charge < -0.3 is 9.32 Å². The van der Waals surface area contributed by atoms with Gasteiger partial charge in [0.15, 0.2) is 11.5 Å². The number of piperazine rings is 1. The molecule has 3 aromatic rings. The molecule has 1 unspecified atom stereocenters. The van der Waals surface area contributed by atoms with Gasteiger partial charge in [-0.15, -0.1) is 0 Å². The molecule has 28 heavy (non-hydrogen) atoms. The topological polar surface area (TPSA) is 65.4 Å². The van der Waals surface area contributed by atoms with Crippen LogP contribution in [0.1, 0.15) is 34.8 Å². The van der Waals surface area contributed by atoms with Crippen LogP contribution in [0.25, 0.3) is 11.5 Å². The molecular weight excluding hydrogens is 376 g/mol. The van der Waals surface area contributed by atoms with E-state index in [1.807, 2.05) is 42.2 Å². The number of hydrogen-bond donors (Lipinski definition) is 1. The van der Waals surface area contributed by atoms with Gasteiger partial charge in [-0.3, -0.25) is 14.8 Å². The Morgan fingerprint density at radius 1 is 1.18 bits per heavy atom. The fraction of sp³-hybridized carbons (Fsp3) is 0.333. The Morgan fingerprint density at radius 3 is 2.61 bits per heavy atom. The summed E-state index contributed by atoms with van der Waals surface area (Å²) in [6.45, 7) is 6.96. The lowest BCUT2D eigenvalue weighted by atomic mass is 10.1. The molecule has 1 saturated heterocycles. The van der Waals surface area contributed by atoms with Crippen LogP contribution >= 0.6 is 11.6 Å². The van der Waals surface area contributed by atoms with Gasteiger partial charge in [0.05, 0.1) is 0 Å². The second kappa shape index (κ2) is 7.81. The average Bonchev–Trinajstić information content (AvgIpc) is 3.36. The summed E-state index contributed by atoms with van der Waals surface area (Å²) in [4.78, 5) is 17.0. The third-order valence-electron chi connectivity index (χ3n) is 5.31. The molecule has 4 rings (SSSR count). The number of aromatic amines is 1. The van der Waals surface area contributed by atoms with Gasteiger partial charge in [-0.05, 0) is 37.6 Å². The van der Waals surface area contributed by atoms with Crippen LogP contribution in [0.3, 0.4) is 0 Å². The zero-order valence-corrected chi connectivity index (χ0v) is 16.7. The molecule has 1 fully saturated rings. The van der Waals surface area contributed by atoms with Gasteiger partial charge in [0.2, 0.25) is 0 Å². The lowest BCUT2D eigenvalue weighted by Gasteiger charge is -2.38. The molecule has 6 nitrogen and oxygen atoms in total. The molecule has 146 valence electrons. The molecular formula is C21H23ClN4O2. The largest absolute Gasteiger partial charge is 0.460 e. The SMILES string of the molecule is Cc1ccc(-c2cc(C(=O)N3CCN(C(C)c4ccccc4Cl)CC3)n[nH]2)o1. The summed E-state index contributed by atoms with van der Waals surface area (Å²) in [6.07, 6.45) is 0. The van der Waals surface area contributed by atoms with E-state index in [-0.39, 0.29) is 11.9 Å². The number of carbonyl (C=O) groups is 1. The van der Waals surface area contributed by atoms with Crippen molar-refractivity contribution in [1.29, 1.82) is 0 Å². The summed E-state index contributed by atoms with van der Waals surface area (Å²) < 4.78 is 5.59. The first-order valence-corrected chi connectivity index (χ1v) is 9.80. The van der Waals surface area contributed by atoms with Crippen LogP contribution in [0.15, 0.2) is 46.9 Å². The van der Waals surface area contributed by atoms with E-state index in [4.69, 9.17) is 16.0 Å². The minimum absolute atomic E-state index is 0.0594. The van der Waals surface area contributed by atoms with Crippen LogP contribution in [-0.2, 0) is 0 Å². The highest BCUT2D eigenvalue weighted by molar-refractivity contribution is 6.31. The number of aromatic nitrogens is 2. The number of rotatable bonds is 4. The van der Waals surface area contributed by atoms with Gasteiger partial charge in [0.1, 0.15) is 11.5 Å². The number of amides is 1. The first kappa shape index (κ1) is 18.8. The normalized spacial score (nSPS) is 16.3. The number of nitrogens with one attached hydrogen (secondary N) is 1. The molecule has 0 aliphatic carbocycles. The Hall–Kier alpha value is -2.57. The van der Waals surface area contributed by atoms with Crippen LogP contribution in [0.2, 0.25) is 5.02 Å². The van der Waals surface area contributed by atoms with Crippen molar-refractivity contribution in [1.82, 2.24) is 20.0 Å². The van der Waals surface area contributed by atoms with E-state index >= 15 is 0 Å². The Labute approximate surface area is 169 Å². The van der Waals surface area contributed by atoms with E-state index in [0.717, 1.165) is 29.4 Å². The quantitative estimate of drug-likeness (QED) is 0.717. The fourth-order valence-corrected chi connectivity index (χ4v) is 3.92. The third kappa shape index (κ3) is 3.70. The molecule has 1 atom stereocenters. The van der Waals surface area contributed by atoms with E-state index in [9.17, 15) is 4.79 Å². The van der Waals surface area contributed by atoms with Crippen LogP contribution < -0.4 is 0 Å². The zero-order chi connectivity index (χ0) is 19.7. The Morgan fingerprint density at radius 2 is 1.93 bits per heavy atom. The highest BCUT2D eigenvalue weighted by atomic mass is 35.5. The van der Waals surface area contributed by atoms with Crippen molar-refractivity contribution < 1.29 is 9.21 Å². The molecule has 0 saturated carbocycles. The zero-order valence-electron chi connectivity index (χ0n) is 16.0. The summed E-state index contributed by atoms with van der Waals surface area (Å²) in [5.41, 5.74) is 2.24. The predicted octanol–water partition coefficient (Wildman–Crippen LogP) is 4.15. The average molecular weight is 399 g/mol. The van der Waals surface area contributed by atoms with Gasteiger partial charge in [0, 0.05) is 43.3 Å². The maximum atomic E-state index is 12.8. The second-order valence-corrected chi connectivity index (χ2v) is 7.51. The minimum Gasteiger partial charge on any atom is -0.460 e. The Bertz CT molecular complexity index is 972. The standard InChI is InChI=1S/C21H23ClN4O2/c1-14-7-8-20(28-14)18-13-19(24-23-18)21(27)26-11-9-25(10-12-26)15(2)16-5-3-4-6-17(16)22/h3-8,13,15H,9-12H2,1-2H3,(H,23,24). The number of nitrogens with zero attached hydrogens (tertiary/aromatic N) is 3. The summed E-state index contributed by atoms with van der Waals surface area (Å²) in [5.74, 6) is 1.44. The van der Waals surface area contributed by atoms with Crippen molar-refractivity contribution in [3.63, 3.8) is 0 Å². The number of benzene rings is 1. The number of furan rings is 1. The first-order chi connectivity index (χ1) is 13.5. The number of aryl methyl sites for hydroxylation is 1. The highest BCUT2D eigenvalue weighted by Crippen LogP contribution is 2.28. The highest BCUT2D eigenvalue weighted by Gasteiger charge is 2.27. The van der Waals surface area contributed by atoms with E-state index in [2.05, 4.69) is 28.1 Å². The number of H-pyrrole nitrogens is 1. The van der Waals surface area contributed by atoms with Gasteiger partial charge in [0.25, 0.3) is 5.91 Å². The van der Waals surface area contributed by atoms with E-state index in [1.54, 1.807) is 6.07 Å². The van der Waals surface area contributed by atoms with E-state index < -0.39 is 0 Å². The van der Waals surface area contributed by atoms with Crippen molar-refractivity contribution in [3.8, 4) is 11.5 Å². The Kier molecular flexibility index (Phi) is 5.24. The number of hydrogen-bond acceptors (Lipinski definition) is 4. The van der Waals surface area contributed by atoms with E-state index in [0.29, 0.717) is 30.2 Å². The molecule has 7 heteroatoms. The lowest BCUT2D eigenvalue weighted by molar-refractivity contribution is 0.0576. The lowest BCUT2D eigenvalue weighted by Crippen LogP contribution is -2.49. The van der Waals surface area contributed by atoms with Gasteiger partial charge >= 0.3 is 0 Å². The Balaban J connectivity index is 1.39. The fourth-order valence-electron chi connectivity index (χ4n) is 3.62. The van der Waals surface area contributed by atoms with Gasteiger partial charge in [-0.2, -0.15) is 5.10 Å². The van der Waals surface area contributed by atoms with Crippen LogP contribution in [0, 0.1) is 6.92 Å². The third-order valence-corrected chi connectivity index (χ3v) is 5.65. The molecule has 1 N–H and O–H groups in total. The van der Waals surface area contributed by atoms with Gasteiger partial charge in [-0.1, -0.05) is 29.8 Å². The first-order valence-electron chi connectivity index (χ1n) is 9.43.